The van der Waals surface area contributed by atoms with Gasteiger partial charge in [0, 0.05) is 148 Å². The van der Waals surface area contributed by atoms with E-state index in [0.29, 0.717) is 0 Å². The van der Waals surface area contributed by atoms with Gasteiger partial charge in [-0.25, -0.2) is 9.97 Å². The molecular weight excluding hydrogens is 1240 g/mol. The number of halogens is 3. The lowest BCUT2D eigenvalue weighted by Gasteiger charge is -2.38. The third-order valence-corrected chi connectivity index (χ3v) is 19.0. The highest BCUT2D eigenvalue weighted by Crippen LogP contribution is 2.44. The van der Waals surface area contributed by atoms with Crippen molar-refractivity contribution >= 4 is 82.7 Å². The topological polar surface area (TPSA) is 93.8 Å². The Kier molecular flexibility index (Phi) is 18.0. The van der Waals surface area contributed by atoms with Crippen LogP contribution in [0.1, 0.15) is 104 Å². The number of piperazine rings is 3. The Hall–Kier alpha value is -6.05. The number of benzene rings is 3. The van der Waals surface area contributed by atoms with Gasteiger partial charge in [0.1, 0.15) is 11.6 Å². The molecule has 3 aromatic carbocycles. The summed E-state index contributed by atoms with van der Waals surface area (Å²) in [5.41, 5.74) is 19.0. The number of imidazole rings is 2. The van der Waals surface area contributed by atoms with Gasteiger partial charge in [0.05, 0.1) is 35.2 Å². The van der Waals surface area contributed by atoms with Crippen molar-refractivity contribution in [2.75, 3.05) is 99.7 Å². The van der Waals surface area contributed by atoms with Gasteiger partial charge in [0.25, 0.3) is 0 Å². The second-order valence-electron chi connectivity index (χ2n) is 23.2. The molecule has 0 amide bonds. The summed E-state index contributed by atoms with van der Waals surface area (Å²) in [6.45, 7) is 20.8. The first kappa shape index (κ1) is 58.3. The molecule has 84 heavy (non-hydrogen) atoms. The number of pyridine rings is 3. The van der Waals surface area contributed by atoms with Gasteiger partial charge < -0.3 is 23.8 Å². The Bertz CT molecular complexity index is 3570. The van der Waals surface area contributed by atoms with Gasteiger partial charge in [-0.05, 0) is 193 Å². The van der Waals surface area contributed by atoms with Gasteiger partial charge >= 0.3 is 0 Å². The van der Waals surface area contributed by atoms with Crippen molar-refractivity contribution < 1.29 is 0 Å². The van der Waals surface area contributed by atoms with Gasteiger partial charge in [0.2, 0.25) is 0 Å². The zero-order chi connectivity index (χ0) is 58.0. The van der Waals surface area contributed by atoms with Crippen LogP contribution in [0.5, 0.6) is 0 Å². The first-order valence-electron chi connectivity index (χ1n) is 29.4. The SMILES string of the molecule is CC1=Cc2cc(Br)cnc2C(N2CCN(C)CC2)c2ccccc21.Cc1nccn1CC1=Cc2cc(Br)cnc2C(N2CCN(C)CC2)c2ccccc21.Cc1nccn1CC1=Cc2cc(Br)cnc2C(N2CCN(C)CC2)c2ccccc21. The monoisotopic (exact) mass is 1310 g/mol. The fourth-order valence-corrected chi connectivity index (χ4v) is 14.0. The first-order chi connectivity index (χ1) is 40.8. The van der Waals surface area contributed by atoms with E-state index in [2.05, 4.69) is 260 Å². The van der Waals surface area contributed by atoms with Crippen molar-refractivity contribution in [2.45, 2.75) is 52.0 Å². The maximum absolute atomic E-state index is 4.94. The molecule has 8 aromatic rings. The van der Waals surface area contributed by atoms with Crippen LogP contribution in [0.4, 0.5) is 0 Å². The minimum atomic E-state index is 0.163. The van der Waals surface area contributed by atoms with Gasteiger partial charge in [-0.1, -0.05) is 72.8 Å². The lowest BCUT2D eigenvalue weighted by Crippen LogP contribution is -2.46. The van der Waals surface area contributed by atoms with Crippen LogP contribution < -0.4 is 0 Å². The molecule has 0 radical (unpaired) electrons. The number of aromatic nitrogens is 7. The van der Waals surface area contributed by atoms with E-state index in [4.69, 9.17) is 15.0 Å². The van der Waals surface area contributed by atoms with E-state index in [-0.39, 0.29) is 18.1 Å². The summed E-state index contributed by atoms with van der Waals surface area (Å²) in [6, 6.07) is 33.7. The molecule has 3 aliphatic heterocycles. The smallest absolute Gasteiger partial charge is 0.105 e. The van der Waals surface area contributed by atoms with Crippen molar-refractivity contribution in [3.63, 3.8) is 0 Å². The summed E-state index contributed by atoms with van der Waals surface area (Å²) in [5, 5.41) is 0. The van der Waals surface area contributed by atoms with Crippen LogP contribution >= 0.6 is 47.8 Å². The molecule has 0 saturated carbocycles. The zero-order valence-corrected chi connectivity index (χ0v) is 53.8. The Labute approximate surface area is 520 Å². The average Bonchev–Trinajstić information content (AvgIpc) is 2.98. The molecule has 13 nitrogen and oxygen atoms in total. The number of hydrogen-bond donors (Lipinski definition) is 0. The maximum Gasteiger partial charge on any atom is 0.105 e. The number of nitrogens with zero attached hydrogens (tertiary/aromatic N) is 13. The van der Waals surface area contributed by atoms with Crippen molar-refractivity contribution in [3.05, 3.63) is 227 Å². The maximum atomic E-state index is 4.94. The van der Waals surface area contributed by atoms with E-state index in [1.807, 2.05) is 31.0 Å². The number of fused-ring (bicyclic) bond motifs is 6. The molecule has 3 fully saturated rings. The van der Waals surface area contributed by atoms with Crippen molar-refractivity contribution in [1.82, 2.24) is 63.5 Å². The van der Waals surface area contributed by atoms with E-state index >= 15 is 0 Å². The molecule has 8 heterocycles. The Morgan fingerprint density at radius 2 is 0.726 bits per heavy atom. The third-order valence-electron chi connectivity index (χ3n) is 17.7. The van der Waals surface area contributed by atoms with E-state index in [1.165, 1.54) is 72.5 Å². The predicted molar refractivity (Wildman–Crippen MR) is 351 cm³/mol. The van der Waals surface area contributed by atoms with E-state index in [9.17, 15) is 0 Å². The molecule has 3 saturated heterocycles. The first-order valence-corrected chi connectivity index (χ1v) is 31.8. The Morgan fingerprint density at radius 3 is 1.07 bits per heavy atom. The van der Waals surface area contributed by atoms with Crippen LogP contribution in [0.25, 0.3) is 34.9 Å². The second kappa shape index (κ2) is 25.9. The third kappa shape index (κ3) is 12.6. The molecule has 6 aliphatic rings. The minimum absolute atomic E-state index is 0.163. The molecule has 16 heteroatoms. The molecule has 3 unspecified atom stereocenters. The molecule has 432 valence electrons. The van der Waals surface area contributed by atoms with Crippen LogP contribution in [0.3, 0.4) is 0 Å². The number of hydrogen-bond acceptors (Lipinski definition) is 11. The molecule has 14 rings (SSSR count). The van der Waals surface area contributed by atoms with E-state index in [1.54, 1.807) is 0 Å². The standard InChI is InChI=1S/2C24H26BrN5.C20H22BrN3/c2*1-17-26-7-8-30(17)16-19-13-18-14-20(25)15-27-23(18)24(22-6-4-3-5-21(19)22)29-11-9-28(2)10-12-29;1-14-11-15-12-16(21)13-22-19(15)20(18-6-4-3-5-17(14)18)24-9-7-23(2)8-10-24/h2*3-8,13-15,24H,9-12,16H2,1-2H3;3-6,11-13,20H,7-10H2,1-2H3. The van der Waals surface area contributed by atoms with E-state index < -0.39 is 0 Å². The van der Waals surface area contributed by atoms with Gasteiger partial charge in [-0.3, -0.25) is 29.7 Å². The normalized spacial score (nSPS) is 20.2. The van der Waals surface area contributed by atoms with Gasteiger partial charge in [-0.2, -0.15) is 0 Å². The predicted octanol–water partition coefficient (Wildman–Crippen LogP) is 12.5. The molecule has 0 N–H and O–H groups in total. The summed E-state index contributed by atoms with van der Waals surface area (Å²) < 4.78 is 7.49. The Morgan fingerprint density at radius 1 is 0.405 bits per heavy atom. The number of rotatable bonds is 7. The van der Waals surface area contributed by atoms with Crippen LogP contribution in [0.15, 0.2) is 148 Å². The highest BCUT2D eigenvalue weighted by molar-refractivity contribution is 9.11. The summed E-state index contributed by atoms with van der Waals surface area (Å²) in [7, 11) is 6.61. The van der Waals surface area contributed by atoms with Crippen molar-refractivity contribution in [3.8, 4) is 0 Å². The molecule has 0 spiro atoms. The van der Waals surface area contributed by atoms with Crippen LogP contribution in [-0.4, -0.2) is 163 Å². The summed E-state index contributed by atoms with van der Waals surface area (Å²) in [5.74, 6) is 2.06. The van der Waals surface area contributed by atoms with Gasteiger partial charge in [0.15, 0.2) is 0 Å². The largest absolute Gasteiger partial charge is 0.331 e. The van der Waals surface area contributed by atoms with Crippen molar-refractivity contribution in [2.24, 2.45) is 0 Å². The number of likely N-dealkylation sites (N-methyl/N-ethyl adjacent to an activating group) is 3. The summed E-state index contributed by atoms with van der Waals surface area (Å²) in [4.78, 5) is 38.5. The molecule has 0 bridgehead atoms. The van der Waals surface area contributed by atoms with Crippen LogP contribution in [-0.2, 0) is 13.1 Å². The molecule has 3 aliphatic carbocycles. The summed E-state index contributed by atoms with van der Waals surface area (Å²) >= 11 is 10.9. The van der Waals surface area contributed by atoms with Crippen LogP contribution in [0.2, 0.25) is 0 Å². The summed E-state index contributed by atoms with van der Waals surface area (Å²) in [6.07, 6.45) is 20.6. The highest BCUT2D eigenvalue weighted by atomic mass is 79.9. The molecule has 3 atom stereocenters. The highest BCUT2D eigenvalue weighted by Gasteiger charge is 2.35. The zero-order valence-electron chi connectivity index (χ0n) is 49.0. The fraction of sp³-hybridized carbons (Fsp3) is 0.338. The Balaban J connectivity index is 0.000000125. The lowest BCUT2D eigenvalue weighted by molar-refractivity contribution is 0.125. The quantitative estimate of drug-likeness (QED) is 0.153. The second-order valence-corrected chi connectivity index (χ2v) is 26.0. The lowest BCUT2D eigenvalue weighted by atomic mass is 9.93. The van der Waals surface area contributed by atoms with Crippen LogP contribution in [0, 0.1) is 13.8 Å². The van der Waals surface area contributed by atoms with Gasteiger partial charge in [-0.15, -0.1) is 0 Å². The fourth-order valence-electron chi connectivity index (χ4n) is 13.0. The average molecular weight is 1310 g/mol. The number of aryl methyl sites for hydroxylation is 2. The molecular formula is C68H74Br3N13. The molecule has 5 aromatic heterocycles. The minimum Gasteiger partial charge on any atom is -0.331 e. The number of allylic oxidation sites excluding steroid dienone is 3. The van der Waals surface area contributed by atoms with Crippen molar-refractivity contribution in [1.29, 1.82) is 0 Å². The van der Waals surface area contributed by atoms with E-state index in [0.717, 1.165) is 128 Å².